The van der Waals surface area contributed by atoms with E-state index >= 15 is 0 Å². The van der Waals surface area contributed by atoms with Crippen molar-refractivity contribution in [1.82, 2.24) is 14.8 Å². The van der Waals surface area contributed by atoms with Gasteiger partial charge in [0, 0.05) is 23.6 Å². The molecule has 0 aliphatic carbocycles. The van der Waals surface area contributed by atoms with Crippen LogP contribution in [0.3, 0.4) is 0 Å². The van der Waals surface area contributed by atoms with Gasteiger partial charge in [0.05, 0.1) is 5.69 Å². The smallest absolute Gasteiger partial charge is 0.326 e. The molecule has 1 aromatic heterocycles. The number of carbonyl (C=O) groups is 2. The molecule has 31 heavy (non-hydrogen) atoms. The highest BCUT2D eigenvalue weighted by molar-refractivity contribution is 7.71. The van der Waals surface area contributed by atoms with E-state index in [4.69, 9.17) is 12.2 Å². The van der Waals surface area contributed by atoms with E-state index in [-0.39, 0.29) is 0 Å². The number of aromatic amines is 1. The summed E-state index contributed by atoms with van der Waals surface area (Å²) in [6.07, 6.45) is 4.03. The highest BCUT2D eigenvalue weighted by Crippen LogP contribution is 2.27. The summed E-state index contributed by atoms with van der Waals surface area (Å²) in [7, 11) is 0. The third-order valence-electron chi connectivity index (χ3n) is 5.16. The Morgan fingerprint density at radius 2 is 1.74 bits per heavy atom. The Labute approximate surface area is 183 Å². The van der Waals surface area contributed by atoms with Crippen LogP contribution in [0.4, 0.5) is 21.9 Å². The molecule has 4 N–H and O–H groups in total. The Balaban J connectivity index is 1.46. The highest BCUT2D eigenvalue weighted by atomic mass is 32.1. The van der Waals surface area contributed by atoms with Crippen molar-refractivity contribution in [3.05, 3.63) is 59.6 Å². The van der Waals surface area contributed by atoms with Gasteiger partial charge in [-0.3, -0.25) is 9.67 Å². The monoisotopic (exact) mass is 438 g/mol. The number of hydrogen-bond donors (Lipinski definition) is 4. The van der Waals surface area contributed by atoms with Crippen molar-refractivity contribution >= 4 is 41.3 Å². The third-order valence-corrected chi connectivity index (χ3v) is 5.45. The third kappa shape index (κ3) is 4.75. The highest BCUT2D eigenvalue weighted by Gasteiger charge is 2.28. The number of carboxylic acids is 1. The predicted molar refractivity (Wildman–Crippen MR) is 120 cm³/mol. The standard InChI is InChI=1S/C21H22N6O3S/c28-19(29)18-9-1-2-10-26(18)16-7-3-5-14(11-16)23-20(30)24-15-6-4-8-17(12-15)27-13-22-25-21(27)31/h3-8,11-13,18H,1-2,9-10H2,(H,25,31)(H,28,29)(H2,23,24,30). The van der Waals surface area contributed by atoms with Gasteiger partial charge in [0.1, 0.15) is 12.4 Å². The molecule has 3 aromatic rings. The van der Waals surface area contributed by atoms with E-state index in [2.05, 4.69) is 20.8 Å². The van der Waals surface area contributed by atoms with Crippen molar-refractivity contribution in [2.24, 2.45) is 0 Å². The summed E-state index contributed by atoms with van der Waals surface area (Å²) in [5.74, 6) is -0.826. The number of hydrogen-bond acceptors (Lipinski definition) is 5. The topological polar surface area (TPSA) is 115 Å². The normalized spacial score (nSPS) is 16.0. The number of H-pyrrole nitrogens is 1. The molecule has 4 rings (SSSR count). The fraction of sp³-hybridized carbons (Fsp3) is 0.238. The molecule has 1 aliphatic rings. The number of nitrogens with one attached hydrogen (secondary N) is 3. The van der Waals surface area contributed by atoms with Gasteiger partial charge in [0.25, 0.3) is 0 Å². The maximum Gasteiger partial charge on any atom is 0.326 e. The lowest BCUT2D eigenvalue weighted by Crippen LogP contribution is -2.44. The first-order valence-corrected chi connectivity index (χ1v) is 10.3. The lowest BCUT2D eigenvalue weighted by molar-refractivity contribution is -0.139. The molecule has 10 heteroatoms. The van der Waals surface area contributed by atoms with Crippen LogP contribution < -0.4 is 15.5 Å². The van der Waals surface area contributed by atoms with E-state index in [0.29, 0.717) is 29.1 Å². The van der Waals surface area contributed by atoms with Crippen molar-refractivity contribution in [3.63, 3.8) is 0 Å². The minimum absolute atomic E-state index is 0.404. The molecule has 1 unspecified atom stereocenters. The number of rotatable bonds is 5. The summed E-state index contributed by atoms with van der Waals surface area (Å²) in [6, 6.07) is 13.5. The second kappa shape index (κ2) is 9.00. The molecule has 1 aliphatic heterocycles. The fourth-order valence-electron chi connectivity index (χ4n) is 3.72. The number of piperidine rings is 1. The largest absolute Gasteiger partial charge is 0.480 e. The Morgan fingerprint density at radius 3 is 2.39 bits per heavy atom. The van der Waals surface area contributed by atoms with E-state index in [1.54, 1.807) is 41.2 Å². The number of aliphatic carboxylic acids is 1. The Hall–Kier alpha value is -3.66. The van der Waals surface area contributed by atoms with Crippen LogP contribution in [0, 0.1) is 4.77 Å². The van der Waals surface area contributed by atoms with E-state index in [1.165, 1.54) is 0 Å². The first-order chi connectivity index (χ1) is 15.0. The summed E-state index contributed by atoms with van der Waals surface area (Å²) in [5, 5.41) is 21.7. The molecule has 0 radical (unpaired) electrons. The first kappa shape index (κ1) is 20.6. The van der Waals surface area contributed by atoms with E-state index in [9.17, 15) is 14.7 Å². The number of carbonyl (C=O) groups excluding carboxylic acids is 1. The molecule has 9 nitrogen and oxygen atoms in total. The molecular formula is C21H22N6O3S. The van der Waals surface area contributed by atoms with Crippen LogP contribution >= 0.6 is 12.2 Å². The van der Waals surface area contributed by atoms with Gasteiger partial charge in [-0.25, -0.2) is 9.59 Å². The second-order valence-corrected chi connectivity index (χ2v) is 7.64. The fourth-order valence-corrected chi connectivity index (χ4v) is 3.92. The lowest BCUT2D eigenvalue weighted by atomic mass is 10.0. The van der Waals surface area contributed by atoms with E-state index in [0.717, 1.165) is 24.2 Å². The average Bonchev–Trinajstić information content (AvgIpc) is 3.20. The van der Waals surface area contributed by atoms with Crippen molar-refractivity contribution in [3.8, 4) is 5.69 Å². The minimum Gasteiger partial charge on any atom is -0.480 e. The zero-order valence-electron chi connectivity index (χ0n) is 16.6. The van der Waals surface area contributed by atoms with Crippen LogP contribution in [-0.2, 0) is 4.79 Å². The summed E-state index contributed by atoms with van der Waals surface area (Å²) in [4.78, 5) is 26.0. The van der Waals surface area contributed by atoms with Gasteiger partial charge in [0.2, 0.25) is 0 Å². The van der Waals surface area contributed by atoms with Crippen LogP contribution in [-0.4, -0.2) is 44.5 Å². The van der Waals surface area contributed by atoms with Gasteiger partial charge in [-0.1, -0.05) is 12.1 Å². The quantitative estimate of drug-likeness (QED) is 0.447. The lowest BCUT2D eigenvalue weighted by Gasteiger charge is -2.35. The number of urea groups is 1. The van der Waals surface area contributed by atoms with Gasteiger partial charge in [-0.05, 0) is 67.9 Å². The van der Waals surface area contributed by atoms with Crippen molar-refractivity contribution in [2.75, 3.05) is 22.1 Å². The van der Waals surface area contributed by atoms with Crippen LogP contribution in [0.15, 0.2) is 54.9 Å². The number of aromatic nitrogens is 3. The van der Waals surface area contributed by atoms with Crippen LogP contribution in [0.25, 0.3) is 5.69 Å². The van der Waals surface area contributed by atoms with Crippen LogP contribution in [0.2, 0.25) is 0 Å². The molecule has 1 atom stereocenters. The average molecular weight is 439 g/mol. The second-order valence-electron chi connectivity index (χ2n) is 7.25. The Kier molecular flexibility index (Phi) is 5.99. The predicted octanol–water partition coefficient (Wildman–Crippen LogP) is 4.02. The van der Waals surface area contributed by atoms with Gasteiger partial charge in [-0.15, -0.1) is 0 Å². The molecule has 0 saturated carbocycles. The maximum atomic E-state index is 12.5. The molecule has 0 spiro atoms. The maximum absolute atomic E-state index is 12.5. The number of amides is 2. The van der Waals surface area contributed by atoms with Crippen molar-refractivity contribution in [1.29, 1.82) is 0 Å². The molecular weight excluding hydrogens is 416 g/mol. The number of benzene rings is 2. The van der Waals surface area contributed by atoms with Crippen molar-refractivity contribution < 1.29 is 14.7 Å². The molecule has 0 bridgehead atoms. The minimum atomic E-state index is -0.826. The van der Waals surface area contributed by atoms with E-state index in [1.807, 2.05) is 23.1 Å². The summed E-state index contributed by atoms with van der Waals surface area (Å²) in [5.41, 5.74) is 2.72. The van der Waals surface area contributed by atoms with E-state index < -0.39 is 18.0 Å². The van der Waals surface area contributed by atoms with Crippen LogP contribution in [0.5, 0.6) is 0 Å². The van der Waals surface area contributed by atoms with Crippen LogP contribution in [0.1, 0.15) is 19.3 Å². The first-order valence-electron chi connectivity index (χ1n) is 9.91. The molecule has 1 fully saturated rings. The zero-order chi connectivity index (χ0) is 21.8. The summed E-state index contributed by atoms with van der Waals surface area (Å²) < 4.78 is 2.15. The Bertz CT molecular complexity index is 1160. The number of carboxylic acid groups (broad SMARTS) is 1. The molecule has 2 heterocycles. The van der Waals surface area contributed by atoms with Gasteiger partial charge < -0.3 is 20.6 Å². The molecule has 160 valence electrons. The molecule has 2 amide bonds. The molecule has 1 saturated heterocycles. The zero-order valence-corrected chi connectivity index (χ0v) is 17.4. The van der Waals surface area contributed by atoms with Gasteiger partial charge in [-0.2, -0.15) is 5.10 Å². The van der Waals surface area contributed by atoms with Gasteiger partial charge >= 0.3 is 12.0 Å². The van der Waals surface area contributed by atoms with Crippen molar-refractivity contribution in [2.45, 2.75) is 25.3 Å². The molecule has 2 aromatic carbocycles. The Morgan fingerprint density at radius 1 is 1.06 bits per heavy atom. The SMILES string of the molecule is O=C(Nc1cccc(N2CCCCC2C(=O)O)c1)Nc1cccc(-n2cn[nH]c2=S)c1. The van der Waals surface area contributed by atoms with Gasteiger partial charge in [0.15, 0.2) is 4.77 Å². The number of nitrogens with zero attached hydrogens (tertiary/aromatic N) is 3. The summed E-state index contributed by atoms with van der Waals surface area (Å²) in [6.45, 7) is 0.677. The summed E-state index contributed by atoms with van der Waals surface area (Å²) >= 11 is 5.18. The number of anilines is 3.